The molecule has 46 heavy (non-hydrogen) atoms. The van der Waals surface area contributed by atoms with Crippen LogP contribution in [0, 0.1) is 6.92 Å². The first-order valence-corrected chi connectivity index (χ1v) is 15.5. The van der Waals surface area contributed by atoms with E-state index in [-0.39, 0.29) is 11.5 Å². The summed E-state index contributed by atoms with van der Waals surface area (Å²) in [5.74, 6) is 1.31. The van der Waals surface area contributed by atoms with Crippen LogP contribution in [0.4, 0.5) is 21.1 Å². The second-order valence-electron chi connectivity index (χ2n) is 12.8. The van der Waals surface area contributed by atoms with Crippen molar-refractivity contribution in [1.82, 2.24) is 14.8 Å². The first-order chi connectivity index (χ1) is 22.0. The van der Waals surface area contributed by atoms with Gasteiger partial charge in [0.2, 0.25) is 0 Å². The number of nitrogens with two attached hydrogens (primary N) is 2. The maximum absolute atomic E-state index is 13.2. The zero-order valence-electron chi connectivity index (χ0n) is 26.6. The summed E-state index contributed by atoms with van der Waals surface area (Å²) in [5, 5.41) is 9.46. The van der Waals surface area contributed by atoms with Crippen LogP contribution < -0.4 is 26.4 Å². The topological polar surface area (TPSA) is 141 Å². The molecule has 0 spiro atoms. The van der Waals surface area contributed by atoms with E-state index < -0.39 is 12.1 Å². The van der Waals surface area contributed by atoms with Crippen molar-refractivity contribution in [3.63, 3.8) is 0 Å². The van der Waals surface area contributed by atoms with Crippen LogP contribution in [0.15, 0.2) is 79.0 Å². The molecule has 0 aliphatic heterocycles. The summed E-state index contributed by atoms with van der Waals surface area (Å²) in [6.45, 7) is 8.36. The molecule has 5 aromatic rings. The van der Waals surface area contributed by atoms with Gasteiger partial charge >= 0.3 is 12.1 Å². The fourth-order valence-corrected chi connectivity index (χ4v) is 6.08. The van der Waals surface area contributed by atoms with E-state index in [0.717, 1.165) is 53.4 Å². The Balaban J connectivity index is 1.61. The van der Waals surface area contributed by atoms with E-state index in [4.69, 9.17) is 26.3 Å². The number of urea groups is 2. The average Bonchev–Trinajstić information content (AvgIpc) is 3.69. The van der Waals surface area contributed by atoms with Crippen LogP contribution in [0.5, 0.6) is 11.5 Å². The summed E-state index contributed by atoms with van der Waals surface area (Å²) < 4.78 is 8.56. The number of ether oxygens (including phenoxy) is 1. The molecule has 2 aromatic heterocycles. The summed E-state index contributed by atoms with van der Waals surface area (Å²) in [6, 6.07) is 21.8. The molecule has 0 radical (unpaired) electrons. The fraction of sp³-hybridized carbons (Fsp3) is 0.278. The van der Waals surface area contributed by atoms with Crippen LogP contribution in [0.2, 0.25) is 0 Å². The van der Waals surface area contributed by atoms with E-state index in [1.54, 1.807) is 23.2 Å². The molecule has 1 saturated carbocycles. The normalized spacial score (nSPS) is 13.6. The summed E-state index contributed by atoms with van der Waals surface area (Å²) in [4.78, 5) is 31.5. The maximum Gasteiger partial charge on any atom is 0.320 e. The number of amides is 4. The number of fused-ring (bicyclic) bond motifs is 1. The Labute approximate surface area is 268 Å². The van der Waals surface area contributed by atoms with Crippen molar-refractivity contribution in [1.29, 1.82) is 0 Å². The Morgan fingerprint density at radius 2 is 1.70 bits per heavy atom. The molecule has 0 unspecified atom stereocenters. The SMILES string of the molecule is Cc1ccc(-n2nc(C(C)(C)C)cc2-c2c(Oc3cc(NC(N)=O)c4ccccc4c3)ccnc2N(C(N)=O)C2CCCC2)cc1. The van der Waals surface area contributed by atoms with Crippen molar-refractivity contribution >= 4 is 34.3 Å². The van der Waals surface area contributed by atoms with Gasteiger partial charge in [0, 0.05) is 29.1 Å². The number of aryl methyl sites for hydroxylation is 1. The first-order valence-electron chi connectivity index (χ1n) is 15.5. The summed E-state index contributed by atoms with van der Waals surface area (Å²) >= 11 is 0. The number of nitrogens with one attached hydrogen (secondary N) is 1. The van der Waals surface area contributed by atoms with Gasteiger partial charge in [-0.1, -0.05) is 75.6 Å². The van der Waals surface area contributed by atoms with Crippen molar-refractivity contribution in [2.75, 3.05) is 10.2 Å². The van der Waals surface area contributed by atoms with Gasteiger partial charge < -0.3 is 21.5 Å². The number of primary amides is 2. The third kappa shape index (κ3) is 6.10. The van der Waals surface area contributed by atoms with Gasteiger partial charge in [-0.05, 0) is 55.5 Å². The number of carbonyl (C=O) groups is 2. The van der Waals surface area contributed by atoms with E-state index >= 15 is 0 Å². The molecule has 0 bridgehead atoms. The second kappa shape index (κ2) is 12.2. The van der Waals surface area contributed by atoms with Gasteiger partial charge in [0.1, 0.15) is 17.3 Å². The molecular weight excluding hydrogens is 578 g/mol. The zero-order valence-corrected chi connectivity index (χ0v) is 26.6. The van der Waals surface area contributed by atoms with Crippen LogP contribution in [0.3, 0.4) is 0 Å². The van der Waals surface area contributed by atoms with E-state index in [2.05, 4.69) is 26.1 Å². The molecule has 0 saturated heterocycles. The molecule has 0 atom stereocenters. The van der Waals surface area contributed by atoms with Gasteiger partial charge in [-0.3, -0.25) is 4.90 Å². The number of pyridine rings is 1. The number of hydrogen-bond acceptors (Lipinski definition) is 5. The Morgan fingerprint density at radius 1 is 0.978 bits per heavy atom. The highest BCUT2D eigenvalue weighted by Crippen LogP contribution is 2.44. The van der Waals surface area contributed by atoms with Crippen LogP contribution in [0.1, 0.15) is 57.7 Å². The Bertz CT molecular complexity index is 1920. The smallest absolute Gasteiger partial charge is 0.320 e. The number of nitrogens with zero attached hydrogens (tertiary/aromatic N) is 4. The van der Waals surface area contributed by atoms with Crippen LogP contribution in [-0.4, -0.2) is 32.9 Å². The molecule has 6 rings (SSSR count). The summed E-state index contributed by atoms with van der Waals surface area (Å²) in [5.41, 5.74) is 16.0. The lowest BCUT2D eigenvalue weighted by Crippen LogP contribution is -2.43. The molecule has 1 aliphatic rings. The number of aromatic nitrogens is 3. The number of anilines is 2. The summed E-state index contributed by atoms with van der Waals surface area (Å²) in [6.07, 6.45) is 5.28. The molecule has 4 amide bonds. The minimum absolute atomic E-state index is 0.0936. The first kappa shape index (κ1) is 30.6. The van der Waals surface area contributed by atoms with Crippen molar-refractivity contribution < 1.29 is 14.3 Å². The highest BCUT2D eigenvalue weighted by molar-refractivity contribution is 6.02. The fourth-order valence-electron chi connectivity index (χ4n) is 6.08. The lowest BCUT2D eigenvalue weighted by molar-refractivity contribution is 0.251. The molecule has 10 heteroatoms. The van der Waals surface area contributed by atoms with Gasteiger partial charge in [0.25, 0.3) is 0 Å². The van der Waals surface area contributed by atoms with Gasteiger partial charge in [0.15, 0.2) is 0 Å². The third-order valence-electron chi connectivity index (χ3n) is 8.38. The molecule has 1 fully saturated rings. The predicted molar refractivity (Wildman–Crippen MR) is 182 cm³/mol. The molecule has 10 nitrogen and oxygen atoms in total. The Hall–Kier alpha value is -5.38. The minimum atomic E-state index is -0.681. The van der Waals surface area contributed by atoms with Gasteiger partial charge in [-0.25, -0.2) is 19.3 Å². The molecule has 1 aliphatic carbocycles. The zero-order chi connectivity index (χ0) is 32.6. The predicted octanol–water partition coefficient (Wildman–Crippen LogP) is 7.80. The lowest BCUT2D eigenvalue weighted by Gasteiger charge is -2.29. The number of benzene rings is 3. The average molecular weight is 618 g/mol. The molecule has 2 heterocycles. The maximum atomic E-state index is 13.2. The molecule has 3 aromatic carbocycles. The Morgan fingerprint density at radius 3 is 2.37 bits per heavy atom. The van der Waals surface area contributed by atoms with Gasteiger partial charge in [0.05, 0.1) is 28.3 Å². The Kier molecular flexibility index (Phi) is 8.12. The monoisotopic (exact) mass is 617 g/mol. The van der Waals surface area contributed by atoms with Gasteiger partial charge in [-0.2, -0.15) is 5.10 Å². The van der Waals surface area contributed by atoms with Crippen molar-refractivity contribution in [3.05, 3.63) is 90.3 Å². The van der Waals surface area contributed by atoms with Gasteiger partial charge in [-0.15, -0.1) is 0 Å². The van der Waals surface area contributed by atoms with Crippen LogP contribution >= 0.6 is 0 Å². The van der Waals surface area contributed by atoms with E-state index in [9.17, 15) is 9.59 Å². The third-order valence-corrected chi connectivity index (χ3v) is 8.38. The molecule has 236 valence electrons. The highest BCUT2D eigenvalue weighted by Gasteiger charge is 2.33. The highest BCUT2D eigenvalue weighted by atomic mass is 16.5. The van der Waals surface area contributed by atoms with E-state index in [0.29, 0.717) is 34.3 Å². The van der Waals surface area contributed by atoms with Crippen LogP contribution in [0.25, 0.3) is 27.7 Å². The van der Waals surface area contributed by atoms with E-state index in [1.165, 1.54) is 0 Å². The molecular formula is C36H39N7O3. The van der Waals surface area contributed by atoms with Crippen molar-refractivity contribution in [2.45, 2.75) is 64.8 Å². The van der Waals surface area contributed by atoms with E-state index in [1.807, 2.05) is 72.3 Å². The van der Waals surface area contributed by atoms with Crippen LogP contribution in [-0.2, 0) is 5.41 Å². The summed E-state index contributed by atoms with van der Waals surface area (Å²) in [7, 11) is 0. The number of carbonyl (C=O) groups excluding carboxylic acids is 2. The largest absolute Gasteiger partial charge is 0.456 e. The number of hydrogen-bond donors (Lipinski definition) is 3. The second-order valence-corrected chi connectivity index (χ2v) is 12.8. The quantitative estimate of drug-likeness (QED) is 0.171. The van der Waals surface area contributed by atoms with Crippen molar-refractivity contribution in [3.8, 4) is 28.4 Å². The van der Waals surface area contributed by atoms with Crippen molar-refractivity contribution in [2.24, 2.45) is 11.5 Å². The lowest BCUT2D eigenvalue weighted by atomic mass is 9.92. The molecule has 5 N–H and O–H groups in total. The standard InChI is InChI=1S/C36H39N7O3/c1-22-13-15-25(16-14-22)43-29(21-31(41-43)36(2,3)4)32-30(17-18-39-33(32)42(35(38)45)24-10-6-7-11-24)46-26-19-23-9-5-8-12-27(23)28(20-26)40-34(37)44/h5,8-9,12-21,24H,6-7,10-11H2,1-4H3,(H2,38,45)(H3,37,40,44). The minimum Gasteiger partial charge on any atom is -0.456 e. The number of rotatable bonds is 7.